The average Bonchev–Trinajstić information content (AvgIpc) is 2.62. The summed E-state index contributed by atoms with van der Waals surface area (Å²) in [5, 5.41) is 5.25. The zero-order valence-electron chi connectivity index (χ0n) is 14.8. The van der Waals surface area contributed by atoms with E-state index in [4.69, 9.17) is 0 Å². The molecule has 0 unspecified atom stereocenters. The Bertz CT molecular complexity index is 840. The van der Waals surface area contributed by atoms with Crippen LogP contribution in [-0.4, -0.2) is 6.29 Å². The van der Waals surface area contributed by atoms with Crippen molar-refractivity contribution in [2.75, 3.05) is 6.29 Å². The van der Waals surface area contributed by atoms with Crippen molar-refractivity contribution in [1.29, 1.82) is 0 Å². The molecule has 0 heterocycles. The van der Waals surface area contributed by atoms with E-state index in [0.717, 1.165) is 21.7 Å². The summed E-state index contributed by atoms with van der Waals surface area (Å²) >= 11 is 0. The fraction of sp³-hybridized carbons (Fsp3) is 0.182. The van der Waals surface area contributed by atoms with Gasteiger partial charge in [0.05, 0.1) is 6.29 Å². The van der Waals surface area contributed by atoms with Gasteiger partial charge in [-0.15, -0.1) is 0 Å². The van der Waals surface area contributed by atoms with Crippen LogP contribution in [0.5, 0.6) is 0 Å². The molecule has 0 saturated carbocycles. The van der Waals surface area contributed by atoms with Crippen LogP contribution in [0.4, 0.5) is 0 Å². The molecule has 0 spiro atoms. The first-order valence-corrected chi connectivity index (χ1v) is 10.5. The van der Waals surface area contributed by atoms with E-state index in [1.807, 2.05) is 80.6 Å². The minimum atomic E-state index is -2.73. The van der Waals surface area contributed by atoms with E-state index in [0.29, 0.717) is 12.8 Å². The molecule has 0 atom stereocenters. The Balaban J connectivity index is 1.90. The van der Waals surface area contributed by atoms with Crippen molar-refractivity contribution in [3.05, 3.63) is 95.6 Å². The predicted octanol–water partition coefficient (Wildman–Crippen LogP) is 4.36. The molecule has 0 aliphatic heterocycles. The molecule has 0 fully saturated rings. The number of hydrogen-bond donors (Lipinski definition) is 1. The van der Waals surface area contributed by atoms with Crippen LogP contribution in [0.15, 0.2) is 78.9 Å². The van der Waals surface area contributed by atoms with Crippen molar-refractivity contribution < 1.29 is 4.57 Å². The number of benzene rings is 3. The molecule has 25 heavy (non-hydrogen) atoms. The van der Waals surface area contributed by atoms with Gasteiger partial charge in [0.1, 0.15) is 0 Å². The molecule has 3 heteroatoms. The Morgan fingerprint density at radius 1 is 0.760 bits per heavy atom. The molecule has 0 aliphatic rings. The first-order valence-electron chi connectivity index (χ1n) is 8.56. The third kappa shape index (κ3) is 4.28. The fourth-order valence-corrected chi connectivity index (χ4v) is 5.56. The molecular formula is C22H24NOP. The lowest BCUT2D eigenvalue weighted by Gasteiger charge is -2.21. The first kappa shape index (κ1) is 17.7. The second-order valence-electron chi connectivity index (χ2n) is 6.49. The Labute approximate surface area is 150 Å². The molecule has 3 aromatic rings. The van der Waals surface area contributed by atoms with Crippen LogP contribution < -0.4 is 15.9 Å². The highest BCUT2D eigenvalue weighted by molar-refractivity contribution is 7.78. The monoisotopic (exact) mass is 349 g/mol. The van der Waals surface area contributed by atoms with Gasteiger partial charge in [-0.3, -0.25) is 0 Å². The number of rotatable bonds is 6. The molecule has 0 saturated heterocycles. The van der Waals surface area contributed by atoms with Crippen molar-refractivity contribution in [2.45, 2.75) is 20.4 Å². The van der Waals surface area contributed by atoms with E-state index in [2.05, 4.69) is 17.4 Å². The second kappa shape index (κ2) is 7.82. The van der Waals surface area contributed by atoms with Gasteiger partial charge in [0.15, 0.2) is 7.14 Å². The molecule has 0 bridgehead atoms. The molecule has 3 rings (SSSR count). The van der Waals surface area contributed by atoms with Gasteiger partial charge in [-0.1, -0.05) is 77.9 Å². The molecule has 0 aromatic heterocycles. The minimum absolute atomic E-state index is 0.453. The van der Waals surface area contributed by atoms with Crippen molar-refractivity contribution >= 4 is 17.8 Å². The van der Waals surface area contributed by atoms with Crippen LogP contribution in [0, 0.1) is 13.8 Å². The lowest BCUT2D eigenvalue weighted by atomic mass is 10.2. The summed E-state index contributed by atoms with van der Waals surface area (Å²) in [6.45, 7) is 4.80. The van der Waals surface area contributed by atoms with E-state index in [9.17, 15) is 4.57 Å². The van der Waals surface area contributed by atoms with Crippen LogP contribution in [-0.2, 0) is 11.1 Å². The smallest absolute Gasteiger partial charge is 0.156 e. The van der Waals surface area contributed by atoms with Crippen LogP contribution in [0.25, 0.3) is 0 Å². The van der Waals surface area contributed by atoms with Gasteiger partial charge in [-0.05, 0) is 31.5 Å². The van der Waals surface area contributed by atoms with Crippen LogP contribution in [0.1, 0.15) is 16.7 Å². The molecule has 1 N–H and O–H groups in total. The third-order valence-corrected chi connectivity index (χ3v) is 7.24. The van der Waals surface area contributed by atoms with Crippen molar-refractivity contribution in [3.63, 3.8) is 0 Å². The average molecular weight is 349 g/mol. The van der Waals surface area contributed by atoms with Crippen LogP contribution in [0.2, 0.25) is 0 Å². The van der Waals surface area contributed by atoms with E-state index in [-0.39, 0.29) is 0 Å². The predicted molar refractivity (Wildman–Crippen MR) is 107 cm³/mol. The zero-order valence-corrected chi connectivity index (χ0v) is 15.7. The van der Waals surface area contributed by atoms with Gasteiger partial charge in [0.25, 0.3) is 0 Å². The van der Waals surface area contributed by atoms with Crippen molar-refractivity contribution in [2.24, 2.45) is 0 Å². The van der Waals surface area contributed by atoms with E-state index < -0.39 is 7.14 Å². The highest BCUT2D eigenvalue weighted by Crippen LogP contribution is 2.42. The Morgan fingerprint density at radius 2 is 1.32 bits per heavy atom. The lowest BCUT2D eigenvalue weighted by molar-refractivity contribution is 0.581. The Hall–Kier alpha value is -2.15. The van der Waals surface area contributed by atoms with Gasteiger partial charge >= 0.3 is 0 Å². The normalized spacial score (nSPS) is 11.4. The van der Waals surface area contributed by atoms with Crippen LogP contribution in [0.3, 0.4) is 0 Å². The number of aryl methyl sites for hydroxylation is 2. The Kier molecular flexibility index (Phi) is 5.53. The summed E-state index contributed by atoms with van der Waals surface area (Å²) in [6, 6.07) is 26.4. The van der Waals surface area contributed by atoms with E-state index in [1.54, 1.807) is 0 Å². The van der Waals surface area contributed by atoms with Gasteiger partial charge in [0.2, 0.25) is 0 Å². The molecule has 0 amide bonds. The lowest BCUT2D eigenvalue weighted by Crippen LogP contribution is -2.26. The quantitative estimate of drug-likeness (QED) is 0.670. The maximum Gasteiger partial charge on any atom is 0.156 e. The second-order valence-corrected chi connectivity index (χ2v) is 9.32. The molecule has 2 nitrogen and oxygen atoms in total. The van der Waals surface area contributed by atoms with Gasteiger partial charge < -0.3 is 9.88 Å². The highest BCUT2D eigenvalue weighted by Gasteiger charge is 2.27. The van der Waals surface area contributed by atoms with Gasteiger partial charge in [-0.25, -0.2) is 0 Å². The maximum atomic E-state index is 14.0. The summed E-state index contributed by atoms with van der Waals surface area (Å²) in [4.78, 5) is 0. The minimum Gasteiger partial charge on any atom is -0.312 e. The van der Waals surface area contributed by atoms with Crippen LogP contribution >= 0.6 is 7.14 Å². The summed E-state index contributed by atoms with van der Waals surface area (Å²) < 4.78 is 14.0. The topological polar surface area (TPSA) is 29.1 Å². The van der Waals surface area contributed by atoms with Crippen molar-refractivity contribution in [1.82, 2.24) is 5.32 Å². The molecule has 0 radical (unpaired) electrons. The number of nitrogens with one attached hydrogen (secondary N) is 1. The largest absolute Gasteiger partial charge is 0.312 e. The maximum absolute atomic E-state index is 14.0. The Morgan fingerprint density at radius 3 is 1.84 bits per heavy atom. The van der Waals surface area contributed by atoms with E-state index in [1.165, 1.54) is 5.56 Å². The fourth-order valence-electron chi connectivity index (χ4n) is 2.99. The highest BCUT2D eigenvalue weighted by atomic mass is 31.2. The van der Waals surface area contributed by atoms with Crippen molar-refractivity contribution in [3.8, 4) is 0 Å². The third-order valence-electron chi connectivity index (χ3n) is 4.34. The summed E-state index contributed by atoms with van der Waals surface area (Å²) in [5.74, 6) is 0. The first-order chi connectivity index (χ1) is 12.1. The molecule has 0 aliphatic carbocycles. The molecule has 3 aromatic carbocycles. The molecule has 128 valence electrons. The SMILES string of the molecule is Cc1cccc(P(=O)(CNCc2ccccc2)c2cccc(C)c2)c1. The van der Waals surface area contributed by atoms with Gasteiger partial charge in [-0.2, -0.15) is 0 Å². The number of hydrogen-bond acceptors (Lipinski definition) is 2. The summed E-state index contributed by atoms with van der Waals surface area (Å²) in [5.41, 5.74) is 3.46. The molecular weight excluding hydrogens is 325 g/mol. The zero-order chi connectivity index (χ0) is 17.7. The summed E-state index contributed by atoms with van der Waals surface area (Å²) in [7, 11) is -2.73. The summed E-state index contributed by atoms with van der Waals surface area (Å²) in [6.07, 6.45) is 0.453. The van der Waals surface area contributed by atoms with E-state index >= 15 is 0 Å². The van der Waals surface area contributed by atoms with Gasteiger partial charge in [0, 0.05) is 17.2 Å². The standard InChI is InChI=1S/C22H24NOP/c1-18-8-6-12-21(14-18)25(24,22-13-7-9-19(2)15-22)17-23-16-20-10-4-3-5-11-20/h3-15,23H,16-17H2,1-2H3.